The molecule has 0 aliphatic carbocycles. The van der Waals surface area contributed by atoms with Crippen molar-refractivity contribution in [1.82, 2.24) is 0 Å². The number of nitrogens with one attached hydrogen (secondary N) is 1. The monoisotopic (exact) mass is 375 g/mol. The van der Waals surface area contributed by atoms with Crippen LogP contribution >= 0.6 is 11.6 Å². The quantitative estimate of drug-likeness (QED) is 0.753. The molecule has 2 aromatic carbocycles. The summed E-state index contributed by atoms with van der Waals surface area (Å²) in [4.78, 5) is 24.1. The first kappa shape index (κ1) is 19.8. The summed E-state index contributed by atoms with van der Waals surface area (Å²) in [6, 6.07) is 10.4. The third-order valence-electron chi connectivity index (χ3n) is 3.61. The molecule has 2 aromatic rings. The largest absolute Gasteiger partial charge is 0.481 e. The zero-order chi connectivity index (χ0) is 19.3. The molecule has 0 saturated carbocycles. The van der Waals surface area contributed by atoms with E-state index in [4.69, 9.17) is 21.1 Å². The number of hydrogen-bond donors (Lipinski definition) is 1. The van der Waals surface area contributed by atoms with Crippen LogP contribution in [0.5, 0.6) is 5.75 Å². The molecule has 0 aliphatic rings. The van der Waals surface area contributed by atoms with Gasteiger partial charge in [0.05, 0.1) is 17.2 Å². The van der Waals surface area contributed by atoms with E-state index in [1.807, 2.05) is 32.0 Å². The van der Waals surface area contributed by atoms with Crippen LogP contribution in [0.1, 0.15) is 35.3 Å². The lowest BCUT2D eigenvalue weighted by Gasteiger charge is -2.16. The number of ether oxygens (including phenoxy) is 2. The molecular weight excluding hydrogens is 354 g/mol. The van der Waals surface area contributed by atoms with Gasteiger partial charge in [-0.2, -0.15) is 0 Å². The fourth-order valence-electron chi connectivity index (χ4n) is 2.47. The molecule has 1 N–H and O–H groups in total. The first-order valence-corrected chi connectivity index (χ1v) is 8.70. The average molecular weight is 376 g/mol. The third kappa shape index (κ3) is 5.23. The molecule has 5 nitrogen and oxygen atoms in total. The SMILES string of the molecule is CCOC(=O)c1ccc(NC(=O)[C@@H](C)Oc2cc(C)cc(C)c2)cc1Cl. The Bertz CT molecular complexity index is 799. The molecule has 0 aromatic heterocycles. The highest BCUT2D eigenvalue weighted by Gasteiger charge is 2.17. The minimum absolute atomic E-state index is 0.212. The Balaban J connectivity index is 2.04. The number of carbonyl (C=O) groups is 2. The van der Waals surface area contributed by atoms with Gasteiger partial charge in [-0.3, -0.25) is 4.79 Å². The van der Waals surface area contributed by atoms with Gasteiger partial charge in [0.15, 0.2) is 6.10 Å². The molecule has 0 bridgehead atoms. The van der Waals surface area contributed by atoms with Crippen molar-refractivity contribution >= 4 is 29.2 Å². The van der Waals surface area contributed by atoms with Crippen LogP contribution < -0.4 is 10.1 Å². The number of aryl methyl sites for hydroxylation is 2. The van der Waals surface area contributed by atoms with E-state index < -0.39 is 12.1 Å². The molecule has 0 fully saturated rings. The summed E-state index contributed by atoms with van der Waals surface area (Å²) in [5.74, 6) is -0.174. The smallest absolute Gasteiger partial charge is 0.339 e. The predicted molar refractivity (Wildman–Crippen MR) is 102 cm³/mol. The summed E-state index contributed by atoms with van der Waals surface area (Å²) in [6.07, 6.45) is -0.695. The Labute approximate surface area is 158 Å². The van der Waals surface area contributed by atoms with Crippen LogP contribution in [-0.2, 0) is 9.53 Å². The Morgan fingerprint density at radius 1 is 1.12 bits per heavy atom. The number of halogens is 1. The number of hydrogen-bond acceptors (Lipinski definition) is 4. The molecule has 1 atom stereocenters. The van der Waals surface area contributed by atoms with E-state index in [0.29, 0.717) is 11.4 Å². The van der Waals surface area contributed by atoms with E-state index in [-0.39, 0.29) is 23.1 Å². The molecule has 6 heteroatoms. The van der Waals surface area contributed by atoms with Crippen LogP contribution in [0.25, 0.3) is 0 Å². The normalized spacial score (nSPS) is 11.6. The lowest BCUT2D eigenvalue weighted by Crippen LogP contribution is -2.30. The summed E-state index contributed by atoms with van der Waals surface area (Å²) in [5, 5.41) is 2.94. The van der Waals surface area contributed by atoms with Gasteiger partial charge in [0.2, 0.25) is 0 Å². The van der Waals surface area contributed by atoms with Crippen LogP contribution in [0.4, 0.5) is 5.69 Å². The second-order valence-corrected chi connectivity index (χ2v) is 6.40. The van der Waals surface area contributed by atoms with Crippen molar-refractivity contribution in [2.75, 3.05) is 11.9 Å². The second kappa shape index (κ2) is 8.72. The summed E-state index contributed by atoms with van der Waals surface area (Å²) in [7, 11) is 0. The summed E-state index contributed by atoms with van der Waals surface area (Å²) >= 11 is 6.10. The minimum Gasteiger partial charge on any atom is -0.481 e. The Hall–Kier alpha value is -2.53. The average Bonchev–Trinajstić information content (AvgIpc) is 2.54. The third-order valence-corrected chi connectivity index (χ3v) is 3.92. The van der Waals surface area contributed by atoms with Gasteiger partial charge in [0, 0.05) is 5.69 Å². The van der Waals surface area contributed by atoms with Gasteiger partial charge in [-0.25, -0.2) is 4.79 Å². The molecule has 0 spiro atoms. The van der Waals surface area contributed by atoms with E-state index in [0.717, 1.165) is 11.1 Å². The van der Waals surface area contributed by atoms with Crippen LogP contribution in [-0.4, -0.2) is 24.6 Å². The van der Waals surface area contributed by atoms with Gasteiger partial charge >= 0.3 is 5.97 Å². The van der Waals surface area contributed by atoms with Crippen LogP contribution in [0.3, 0.4) is 0 Å². The molecule has 2 rings (SSSR count). The molecule has 0 unspecified atom stereocenters. The number of benzene rings is 2. The molecule has 26 heavy (non-hydrogen) atoms. The van der Waals surface area contributed by atoms with E-state index >= 15 is 0 Å². The first-order chi connectivity index (χ1) is 12.3. The molecule has 0 aliphatic heterocycles. The van der Waals surface area contributed by atoms with Crippen molar-refractivity contribution in [3.05, 3.63) is 58.1 Å². The number of rotatable bonds is 6. The minimum atomic E-state index is -0.695. The van der Waals surface area contributed by atoms with E-state index in [1.165, 1.54) is 12.1 Å². The van der Waals surface area contributed by atoms with Crippen molar-refractivity contribution in [1.29, 1.82) is 0 Å². The van der Waals surface area contributed by atoms with Crippen molar-refractivity contribution in [3.8, 4) is 5.75 Å². The van der Waals surface area contributed by atoms with Crippen LogP contribution in [0.2, 0.25) is 5.02 Å². The number of anilines is 1. The summed E-state index contributed by atoms with van der Waals surface area (Å²) < 4.78 is 10.6. The molecule has 0 saturated heterocycles. The van der Waals surface area contributed by atoms with E-state index in [1.54, 1.807) is 19.9 Å². The van der Waals surface area contributed by atoms with Crippen LogP contribution in [0, 0.1) is 13.8 Å². The van der Waals surface area contributed by atoms with Gasteiger partial charge < -0.3 is 14.8 Å². The van der Waals surface area contributed by atoms with Gasteiger partial charge in [-0.15, -0.1) is 0 Å². The summed E-state index contributed by atoms with van der Waals surface area (Å²) in [5.41, 5.74) is 2.86. The lowest BCUT2D eigenvalue weighted by atomic mass is 10.1. The molecular formula is C20H22ClNO4. The fourth-order valence-corrected chi connectivity index (χ4v) is 2.73. The van der Waals surface area contributed by atoms with Crippen molar-refractivity contribution in [2.24, 2.45) is 0 Å². The van der Waals surface area contributed by atoms with Gasteiger partial charge in [-0.1, -0.05) is 17.7 Å². The standard InChI is InChI=1S/C20H22ClNO4/c1-5-25-20(24)17-7-6-15(11-18(17)21)22-19(23)14(4)26-16-9-12(2)8-13(3)10-16/h6-11,14H,5H2,1-4H3,(H,22,23)/t14-/m1/s1. The fraction of sp³-hybridized carbons (Fsp3) is 0.300. The van der Waals surface area contributed by atoms with Crippen molar-refractivity contribution in [2.45, 2.75) is 33.8 Å². The van der Waals surface area contributed by atoms with Gasteiger partial charge in [0.1, 0.15) is 5.75 Å². The van der Waals surface area contributed by atoms with Crippen molar-refractivity contribution in [3.63, 3.8) is 0 Å². The number of esters is 1. The molecule has 0 radical (unpaired) electrons. The first-order valence-electron chi connectivity index (χ1n) is 8.32. The highest BCUT2D eigenvalue weighted by Crippen LogP contribution is 2.23. The van der Waals surface area contributed by atoms with Crippen LogP contribution in [0.15, 0.2) is 36.4 Å². The van der Waals surface area contributed by atoms with Gasteiger partial charge in [-0.05, 0) is 69.2 Å². The molecule has 138 valence electrons. The highest BCUT2D eigenvalue weighted by atomic mass is 35.5. The Kier molecular flexibility index (Phi) is 6.64. The second-order valence-electron chi connectivity index (χ2n) is 5.99. The van der Waals surface area contributed by atoms with Crippen molar-refractivity contribution < 1.29 is 19.1 Å². The number of amides is 1. The predicted octanol–water partition coefficient (Wildman–Crippen LogP) is 4.54. The topological polar surface area (TPSA) is 64.6 Å². The highest BCUT2D eigenvalue weighted by molar-refractivity contribution is 6.34. The zero-order valence-electron chi connectivity index (χ0n) is 15.3. The summed E-state index contributed by atoms with van der Waals surface area (Å²) in [6.45, 7) is 7.59. The van der Waals surface area contributed by atoms with Gasteiger partial charge in [0.25, 0.3) is 5.91 Å². The Morgan fingerprint density at radius 3 is 2.35 bits per heavy atom. The number of carbonyl (C=O) groups excluding carboxylic acids is 2. The van der Waals surface area contributed by atoms with E-state index in [2.05, 4.69) is 5.32 Å². The Morgan fingerprint density at radius 2 is 1.77 bits per heavy atom. The van der Waals surface area contributed by atoms with E-state index in [9.17, 15) is 9.59 Å². The molecule has 1 amide bonds. The maximum atomic E-state index is 12.3. The maximum absolute atomic E-state index is 12.3. The molecule has 0 heterocycles. The lowest BCUT2D eigenvalue weighted by molar-refractivity contribution is -0.122. The zero-order valence-corrected chi connectivity index (χ0v) is 16.0. The maximum Gasteiger partial charge on any atom is 0.339 e.